The van der Waals surface area contributed by atoms with Crippen molar-refractivity contribution in [3.05, 3.63) is 59.8 Å². The van der Waals surface area contributed by atoms with Crippen LogP contribution in [0.5, 0.6) is 5.75 Å². The van der Waals surface area contributed by atoms with Crippen LogP contribution in [0.3, 0.4) is 0 Å². The number of ether oxygens (including phenoxy) is 1. The van der Waals surface area contributed by atoms with Crippen LogP contribution >= 0.6 is 0 Å². The number of nitrogens with two attached hydrogens (primary N) is 1. The lowest BCUT2D eigenvalue weighted by atomic mass is 9.77. The standard InChI is InChI=1S/C27H31N5O4/c1-18(33)30-21-5-3-19(4-6-21)25(34)31-12-9-27(10-13-31)11-14-32(26(27)35)22-7-8-23(20(16-28)17-29)24(15-22)36-2/h3-8,15-17,28H,9-14,29H2,1-2H3,(H,30,33)/b20-17+,28-16?. The van der Waals surface area contributed by atoms with Crippen LogP contribution in [0.4, 0.5) is 11.4 Å². The number of hydrogen-bond acceptors (Lipinski definition) is 6. The number of allylic oxidation sites excluding steroid dienone is 1. The summed E-state index contributed by atoms with van der Waals surface area (Å²) in [6.45, 7) is 3.06. The number of benzene rings is 2. The zero-order valence-corrected chi connectivity index (χ0v) is 20.5. The van der Waals surface area contributed by atoms with Crippen molar-refractivity contribution in [3.8, 4) is 5.75 Å². The topological polar surface area (TPSA) is 129 Å². The van der Waals surface area contributed by atoms with Crippen LogP contribution in [-0.2, 0) is 9.59 Å². The molecule has 2 saturated heterocycles. The SMILES string of the molecule is COc1cc(N2CCC3(CCN(C(=O)c4ccc(NC(C)=O)cc4)CC3)C2=O)ccc1/C(C=N)=C/N. The first kappa shape index (κ1) is 25.0. The van der Waals surface area contributed by atoms with E-state index in [1.165, 1.54) is 19.3 Å². The summed E-state index contributed by atoms with van der Waals surface area (Å²) < 4.78 is 5.51. The second kappa shape index (κ2) is 10.2. The summed E-state index contributed by atoms with van der Waals surface area (Å²) in [5.41, 5.74) is 8.33. The normalized spacial score (nSPS) is 17.3. The molecule has 3 amide bonds. The van der Waals surface area contributed by atoms with Crippen molar-refractivity contribution < 1.29 is 19.1 Å². The van der Waals surface area contributed by atoms with E-state index in [9.17, 15) is 14.4 Å². The Balaban J connectivity index is 1.44. The van der Waals surface area contributed by atoms with Gasteiger partial charge in [-0.2, -0.15) is 0 Å². The highest BCUT2D eigenvalue weighted by atomic mass is 16.5. The number of rotatable bonds is 6. The highest BCUT2D eigenvalue weighted by Crippen LogP contribution is 2.44. The maximum atomic E-state index is 13.6. The third-order valence-electron chi connectivity index (χ3n) is 7.12. The van der Waals surface area contributed by atoms with Crippen LogP contribution < -0.4 is 20.7 Å². The summed E-state index contributed by atoms with van der Waals surface area (Å²) in [5, 5.41) is 10.2. The van der Waals surface area contributed by atoms with Gasteiger partial charge in [0.05, 0.1) is 12.5 Å². The van der Waals surface area contributed by atoms with Crippen molar-refractivity contribution in [2.45, 2.75) is 26.2 Å². The van der Waals surface area contributed by atoms with E-state index in [2.05, 4.69) is 5.32 Å². The number of nitrogens with zero attached hydrogens (tertiary/aromatic N) is 2. The van der Waals surface area contributed by atoms with Crippen LogP contribution in [0, 0.1) is 10.8 Å². The molecule has 0 radical (unpaired) electrons. The molecule has 188 valence electrons. The van der Waals surface area contributed by atoms with Gasteiger partial charge in [0, 0.05) is 73.1 Å². The van der Waals surface area contributed by atoms with Gasteiger partial charge in [-0.3, -0.25) is 14.4 Å². The summed E-state index contributed by atoms with van der Waals surface area (Å²) in [5.74, 6) is 0.387. The van der Waals surface area contributed by atoms with Gasteiger partial charge in [-0.25, -0.2) is 0 Å². The minimum absolute atomic E-state index is 0.0724. The lowest BCUT2D eigenvalue weighted by Crippen LogP contribution is -2.46. The number of methoxy groups -OCH3 is 1. The highest BCUT2D eigenvalue weighted by molar-refractivity contribution is 6.09. The summed E-state index contributed by atoms with van der Waals surface area (Å²) in [6, 6.07) is 12.3. The van der Waals surface area contributed by atoms with Gasteiger partial charge in [0.15, 0.2) is 0 Å². The van der Waals surface area contributed by atoms with Gasteiger partial charge >= 0.3 is 0 Å². The van der Waals surface area contributed by atoms with E-state index in [0.29, 0.717) is 60.6 Å². The number of anilines is 2. The summed E-state index contributed by atoms with van der Waals surface area (Å²) in [6.07, 6.45) is 4.48. The third-order valence-corrected chi connectivity index (χ3v) is 7.12. The molecule has 4 rings (SSSR count). The molecule has 2 aliphatic rings. The molecule has 0 saturated carbocycles. The molecule has 0 unspecified atom stereocenters. The molecule has 2 aromatic carbocycles. The Kier molecular flexibility index (Phi) is 7.10. The number of carbonyl (C=O) groups excluding carboxylic acids is 3. The first-order valence-corrected chi connectivity index (χ1v) is 11.9. The largest absolute Gasteiger partial charge is 0.496 e. The molecule has 36 heavy (non-hydrogen) atoms. The summed E-state index contributed by atoms with van der Waals surface area (Å²) in [4.78, 5) is 41.4. The van der Waals surface area contributed by atoms with E-state index < -0.39 is 5.41 Å². The van der Waals surface area contributed by atoms with E-state index in [-0.39, 0.29) is 17.7 Å². The maximum absolute atomic E-state index is 13.6. The minimum atomic E-state index is -0.477. The van der Waals surface area contributed by atoms with Crippen molar-refractivity contribution in [1.82, 2.24) is 4.90 Å². The molecule has 9 nitrogen and oxygen atoms in total. The zero-order chi connectivity index (χ0) is 25.9. The van der Waals surface area contributed by atoms with Crippen molar-refractivity contribution >= 4 is 40.9 Å². The first-order valence-electron chi connectivity index (χ1n) is 11.9. The number of likely N-dealkylation sites (tertiary alicyclic amines) is 1. The molecular formula is C27H31N5O4. The van der Waals surface area contributed by atoms with Gasteiger partial charge in [-0.15, -0.1) is 0 Å². The smallest absolute Gasteiger partial charge is 0.253 e. The zero-order valence-electron chi connectivity index (χ0n) is 20.5. The quantitative estimate of drug-likeness (QED) is 0.537. The van der Waals surface area contributed by atoms with E-state index in [1.54, 1.807) is 41.2 Å². The molecule has 2 aliphatic heterocycles. The van der Waals surface area contributed by atoms with Crippen molar-refractivity contribution in [3.63, 3.8) is 0 Å². The maximum Gasteiger partial charge on any atom is 0.253 e. The van der Waals surface area contributed by atoms with Gasteiger partial charge in [0.2, 0.25) is 11.8 Å². The van der Waals surface area contributed by atoms with Crippen LogP contribution in [0.25, 0.3) is 5.57 Å². The van der Waals surface area contributed by atoms with Crippen LogP contribution in [0.15, 0.2) is 48.7 Å². The Morgan fingerprint density at radius 1 is 1.08 bits per heavy atom. The number of nitrogens with one attached hydrogen (secondary N) is 2. The second-order valence-corrected chi connectivity index (χ2v) is 9.19. The Bertz CT molecular complexity index is 1210. The lowest BCUT2D eigenvalue weighted by molar-refractivity contribution is -0.127. The molecule has 0 atom stereocenters. The first-order chi connectivity index (χ1) is 17.3. The lowest BCUT2D eigenvalue weighted by Gasteiger charge is -2.38. The average molecular weight is 490 g/mol. The van der Waals surface area contributed by atoms with Gasteiger partial charge in [-0.1, -0.05) is 0 Å². The molecule has 0 aliphatic carbocycles. The van der Waals surface area contributed by atoms with Gasteiger partial charge in [-0.05, 0) is 55.7 Å². The minimum Gasteiger partial charge on any atom is -0.496 e. The Labute approximate surface area is 210 Å². The second-order valence-electron chi connectivity index (χ2n) is 9.19. The molecule has 2 aromatic rings. The number of amides is 3. The summed E-state index contributed by atoms with van der Waals surface area (Å²) in [7, 11) is 1.55. The van der Waals surface area contributed by atoms with Crippen LogP contribution in [0.1, 0.15) is 42.1 Å². The molecule has 1 spiro atoms. The van der Waals surface area contributed by atoms with Crippen molar-refractivity contribution in [2.75, 3.05) is 37.0 Å². The number of hydrogen-bond donors (Lipinski definition) is 3. The Hall–Kier alpha value is -4.14. The molecular weight excluding hydrogens is 458 g/mol. The third kappa shape index (κ3) is 4.68. The van der Waals surface area contributed by atoms with E-state index in [0.717, 1.165) is 12.1 Å². The van der Waals surface area contributed by atoms with Crippen LogP contribution in [0.2, 0.25) is 0 Å². The predicted molar refractivity (Wildman–Crippen MR) is 139 cm³/mol. The predicted octanol–water partition coefficient (Wildman–Crippen LogP) is 3.26. The fourth-order valence-corrected chi connectivity index (χ4v) is 5.05. The molecule has 4 N–H and O–H groups in total. The van der Waals surface area contributed by atoms with Gasteiger partial charge in [0.25, 0.3) is 5.91 Å². The summed E-state index contributed by atoms with van der Waals surface area (Å²) >= 11 is 0. The monoisotopic (exact) mass is 489 g/mol. The molecule has 2 heterocycles. The van der Waals surface area contributed by atoms with Crippen molar-refractivity contribution in [2.24, 2.45) is 11.1 Å². The van der Waals surface area contributed by atoms with E-state index in [4.69, 9.17) is 15.9 Å². The van der Waals surface area contributed by atoms with Crippen LogP contribution in [-0.4, -0.2) is 55.6 Å². The molecule has 2 fully saturated rings. The fourth-order valence-electron chi connectivity index (χ4n) is 5.05. The number of carbonyl (C=O) groups is 3. The van der Waals surface area contributed by atoms with Gasteiger partial charge < -0.3 is 31.0 Å². The van der Waals surface area contributed by atoms with E-state index in [1.807, 2.05) is 18.2 Å². The fraction of sp³-hybridized carbons (Fsp3) is 0.333. The van der Waals surface area contributed by atoms with Crippen molar-refractivity contribution in [1.29, 1.82) is 5.41 Å². The number of piperidine rings is 1. The Morgan fingerprint density at radius 2 is 1.75 bits per heavy atom. The highest BCUT2D eigenvalue weighted by Gasteiger charge is 2.49. The molecule has 0 aromatic heterocycles. The molecule has 9 heteroatoms. The van der Waals surface area contributed by atoms with E-state index >= 15 is 0 Å². The van der Waals surface area contributed by atoms with Gasteiger partial charge in [0.1, 0.15) is 5.75 Å². The Morgan fingerprint density at radius 3 is 2.33 bits per heavy atom. The molecule has 0 bridgehead atoms. The average Bonchev–Trinajstić information content (AvgIpc) is 3.20.